The number of benzene rings is 1. The molecule has 2 bridgehead atoms. The zero-order valence-corrected chi connectivity index (χ0v) is 18.2. The van der Waals surface area contributed by atoms with E-state index >= 15 is 0 Å². The first kappa shape index (κ1) is 19.8. The number of aromatic nitrogens is 2. The van der Waals surface area contributed by atoms with Crippen LogP contribution < -0.4 is 4.90 Å². The van der Waals surface area contributed by atoms with E-state index in [1.807, 2.05) is 31.1 Å². The molecule has 3 fully saturated rings. The number of piperidine rings is 1. The van der Waals surface area contributed by atoms with Crippen molar-refractivity contribution in [2.45, 2.75) is 44.9 Å². The summed E-state index contributed by atoms with van der Waals surface area (Å²) >= 11 is 1.45. The van der Waals surface area contributed by atoms with Gasteiger partial charge in [0.25, 0.3) is 6.01 Å². The molecule has 3 aliphatic heterocycles. The third-order valence-corrected chi connectivity index (χ3v) is 6.30. The highest BCUT2D eigenvalue weighted by molar-refractivity contribution is 7.13. The molecule has 0 radical (unpaired) electrons. The van der Waals surface area contributed by atoms with Crippen molar-refractivity contribution in [2.24, 2.45) is 0 Å². The second-order valence-corrected chi connectivity index (χ2v) is 9.71. The van der Waals surface area contributed by atoms with E-state index in [0.29, 0.717) is 35.8 Å². The van der Waals surface area contributed by atoms with E-state index in [0.717, 1.165) is 11.4 Å². The number of anilines is 1. The molecule has 1 amide bonds. The van der Waals surface area contributed by atoms with Crippen molar-refractivity contribution in [1.29, 1.82) is 0 Å². The van der Waals surface area contributed by atoms with Crippen molar-refractivity contribution in [3.63, 3.8) is 0 Å². The average Bonchev–Trinajstić information content (AvgIpc) is 3.35. The van der Waals surface area contributed by atoms with Crippen LogP contribution in [0.1, 0.15) is 37.6 Å². The van der Waals surface area contributed by atoms with Gasteiger partial charge in [-0.25, -0.2) is 14.6 Å². The van der Waals surface area contributed by atoms with E-state index in [1.54, 1.807) is 17.2 Å². The quantitative estimate of drug-likeness (QED) is 0.652. The van der Waals surface area contributed by atoms with Gasteiger partial charge in [0.1, 0.15) is 16.1 Å². The Labute approximate surface area is 182 Å². The number of carbonyl (C=O) groups excluding carboxylic acids is 1. The van der Waals surface area contributed by atoms with E-state index in [9.17, 15) is 14.7 Å². The lowest BCUT2D eigenvalue weighted by atomic mass is 9.88. The Morgan fingerprint density at radius 1 is 1.26 bits per heavy atom. The Kier molecular flexibility index (Phi) is 4.44. The molecule has 3 aliphatic rings. The van der Waals surface area contributed by atoms with Crippen LogP contribution in [0.15, 0.2) is 28.1 Å². The second-order valence-electron chi connectivity index (χ2n) is 8.81. The first-order valence-electron chi connectivity index (χ1n) is 10.0. The van der Waals surface area contributed by atoms with Crippen LogP contribution in [-0.4, -0.2) is 62.8 Å². The molecule has 0 saturated carbocycles. The summed E-state index contributed by atoms with van der Waals surface area (Å²) in [5.74, 6) is -1.06. The van der Waals surface area contributed by atoms with Gasteiger partial charge in [-0.15, -0.1) is 11.3 Å². The number of carboxylic acid groups (broad SMARTS) is 1. The fraction of sp³-hybridized carbons (Fsp3) is 0.429. The predicted octanol–water partition coefficient (Wildman–Crippen LogP) is 3.85. The highest BCUT2D eigenvalue weighted by Crippen LogP contribution is 2.39. The normalized spacial score (nSPS) is 20.6. The second kappa shape index (κ2) is 6.94. The van der Waals surface area contributed by atoms with E-state index in [-0.39, 0.29) is 23.7 Å². The maximum atomic E-state index is 12.5. The van der Waals surface area contributed by atoms with Crippen molar-refractivity contribution >= 4 is 40.5 Å². The summed E-state index contributed by atoms with van der Waals surface area (Å²) in [5, 5.41) is 12.2. The third-order valence-electron chi connectivity index (χ3n) is 5.49. The molecule has 162 valence electrons. The van der Waals surface area contributed by atoms with Gasteiger partial charge in [0.15, 0.2) is 5.58 Å². The molecule has 2 unspecified atom stereocenters. The number of amides is 1. The molecular formula is C21H22N4O5S. The van der Waals surface area contributed by atoms with Gasteiger partial charge in [-0.05, 0) is 39.3 Å². The average molecular weight is 442 g/mol. The highest BCUT2D eigenvalue weighted by Gasteiger charge is 2.49. The van der Waals surface area contributed by atoms with E-state index in [2.05, 4.69) is 9.97 Å². The van der Waals surface area contributed by atoms with Crippen molar-refractivity contribution in [3.8, 4) is 10.6 Å². The first-order valence-corrected chi connectivity index (χ1v) is 10.9. The van der Waals surface area contributed by atoms with Crippen LogP contribution in [-0.2, 0) is 4.74 Å². The summed E-state index contributed by atoms with van der Waals surface area (Å²) in [7, 11) is 0. The molecule has 6 rings (SSSR count). The number of piperazine rings is 1. The predicted molar refractivity (Wildman–Crippen MR) is 115 cm³/mol. The Bertz CT molecular complexity index is 1150. The monoisotopic (exact) mass is 442 g/mol. The Morgan fingerprint density at radius 2 is 2.00 bits per heavy atom. The molecule has 5 heterocycles. The molecule has 3 aromatic rings. The van der Waals surface area contributed by atoms with Crippen LogP contribution in [0.2, 0.25) is 0 Å². The summed E-state index contributed by atoms with van der Waals surface area (Å²) in [6.07, 6.45) is 2.29. The lowest BCUT2D eigenvalue weighted by molar-refractivity contribution is -0.0386. The van der Waals surface area contributed by atoms with Crippen LogP contribution >= 0.6 is 11.3 Å². The van der Waals surface area contributed by atoms with Gasteiger partial charge in [-0.1, -0.05) is 0 Å². The number of carboxylic acids is 1. The number of rotatable bonds is 3. The number of oxazole rings is 1. The largest absolute Gasteiger partial charge is 0.478 e. The summed E-state index contributed by atoms with van der Waals surface area (Å²) in [5.41, 5.74) is 0.973. The maximum absolute atomic E-state index is 12.5. The number of nitrogens with zero attached hydrogens (tertiary/aromatic N) is 4. The molecule has 10 heteroatoms. The summed E-state index contributed by atoms with van der Waals surface area (Å²) in [4.78, 5) is 36.8. The van der Waals surface area contributed by atoms with Crippen LogP contribution in [0.5, 0.6) is 0 Å². The van der Waals surface area contributed by atoms with Crippen molar-refractivity contribution in [2.75, 3.05) is 18.0 Å². The summed E-state index contributed by atoms with van der Waals surface area (Å²) < 4.78 is 11.6. The maximum Gasteiger partial charge on any atom is 0.410 e. The number of hydrogen-bond donors (Lipinski definition) is 1. The minimum Gasteiger partial charge on any atom is -0.478 e. The topological polar surface area (TPSA) is 109 Å². The number of fused-ring (bicyclic) bond motifs is 3. The van der Waals surface area contributed by atoms with Crippen LogP contribution in [0.3, 0.4) is 0 Å². The van der Waals surface area contributed by atoms with E-state index < -0.39 is 11.6 Å². The van der Waals surface area contributed by atoms with Crippen LogP contribution in [0.4, 0.5) is 10.8 Å². The van der Waals surface area contributed by atoms with Crippen LogP contribution in [0.25, 0.3) is 21.7 Å². The Balaban J connectivity index is 1.45. The number of carbonyl (C=O) groups is 2. The lowest BCUT2D eigenvalue weighted by Crippen LogP contribution is -2.70. The lowest BCUT2D eigenvalue weighted by Gasteiger charge is -2.55. The van der Waals surface area contributed by atoms with Crippen molar-refractivity contribution in [1.82, 2.24) is 14.9 Å². The minimum absolute atomic E-state index is 0.0148. The Hall–Kier alpha value is -3.14. The van der Waals surface area contributed by atoms with Gasteiger partial charge < -0.3 is 19.2 Å². The van der Waals surface area contributed by atoms with Gasteiger partial charge in [-0.3, -0.25) is 4.90 Å². The van der Waals surface area contributed by atoms with E-state index in [4.69, 9.17) is 9.15 Å². The molecule has 0 spiro atoms. The fourth-order valence-corrected chi connectivity index (χ4v) is 4.87. The van der Waals surface area contributed by atoms with E-state index in [1.165, 1.54) is 17.4 Å². The van der Waals surface area contributed by atoms with Gasteiger partial charge in [0.05, 0.1) is 23.2 Å². The number of aromatic carboxylic acids is 1. The number of hydrogen-bond acceptors (Lipinski definition) is 8. The smallest absolute Gasteiger partial charge is 0.410 e. The standard InChI is InChI=1S/C21H22N4O5S/c1-21(2,3)30-20(28)25-11-8-12(25)10-24(9-11)19-23-15-13(18(26)27)4-5-14(16(15)29-19)17-22-6-7-31-17/h4-7,11-12H,8-10H2,1-3H3,(H,26,27). The highest BCUT2D eigenvalue weighted by atomic mass is 32.1. The summed E-state index contributed by atoms with van der Waals surface area (Å²) in [6, 6.07) is 3.63. The van der Waals surface area contributed by atoms with Gasteiger partial charge in [0, 0.05) is 24.7 Å². The Morgan fingerprint density at radius 3 is 2.61 bits per heavy atom. The molecule has 31 heavy (non-hydrogen) atoms. The molecule has 2 aromatic heterocycles. The van der Waals surface area contributed by atoms with Gasteiger partial charge in [0.2, 0.25) is 0 Å². The van der Waals surface area contributed by atoms with Crippen LogP contribution in [0, 0.1) is 0 Å². The molecular weight excluding hydrogens is 420 g/mol. The molecule has 3 saturated heterocycles. The van der Waals surface area contributed by atoms with Gasteiger partial charge in [-0.2, -0.15) is 4.98 Å². The molecule has 1 N–H and O–H groups in total. The number of ether oxygens (including phenoxy) is 1. The fourth-order valence-electron chi connectivity index (χ4n) is 4.21. The van der Waals surface area contributed by atoms with Crippen molar-refractivity contribution in [3.05, 3.63) is 29.3 Å². The first-order chi connectivity index (χ1) is 14.7. The molecule has 2 atom stereocenters. The zero-order valence-electron chi connectivity index (χ0n) is 17.4. The van der Waals surface area contributed by atoms with Gasteiger partial charge >= 0.3 is 12.1 Å². The SMILES string of the molecule is CC(C)(C)OC(=O)N1C2CC1CN(c1nc3c(C(=O)O)ccc(-c4nccs4)c3o1)C2. The molecule has 0 aliphatic carbocycles. The summed E-state index contributed by atoms with van der Waals surface area (Å²) in [6.45, 7) is 6.66. The molecule has 9 nitrogen and oxygen atoms in total. The third kappa shape index (κ3) is 3.40. The number of thiazole rings is 1. The zero-order chi connectivity index (χ0) is 21.9. The minimum atomic E-state index is -1.06. The van der Waals surface area contributed by atoms with Crippen molar-refractivity contribution < 1.29 is 23.8 Å². The molecule has 1 aromatic carbocycles.